The van der Waals surface area contributed by atoms with Gasteiger partial charge in [0.05, 0.1) is 18.4 Å². The molecule has 5 nitrogen and oxygen atoms in total. The van der Waals surface area contributed by atoms with Gasteiger partial charge >= 0.3 is 5.97 Å². The molecular weight excluding hydrogens is 368 g/mol. The normalized spacial score (nSPS) is 10.0. The molecule has 0 spiro atoms. The van der Waals surface area contributed by atoms with Gasteiger partial charge in [-0.25, -0.2) is 4.79 Å². The molecule has 1 aromatic rings. The van der Waals surface area contributed by atoms with E-state index in [1.165, 1.54) is 7.11 Å². The lowest BCUT2D eigenvalue weighted by Gasteiger charge is -2.12. The minimum Gasteiger partial charge on any atom is -0.465 e. The summed E-state index contributed by atoms with van der Waals surface area (Å²) in [6.45, 7) is 0.244. The molecule has 1 rings (SSSR count). The highest BCUT2D eigenvalue weighted by atomic mass is 79.9. The fourth-order valence-corrected chi connectivity index (χ4v) is 2.63. The van der Waals surface area contributed by atoms with Crippen molar-refractivity contribution in [2.24, 2.45) is 5.73 Å². The molecule has 0 heterocycles. The number of halogens is 2. The van der Waals surface area contributed by atoms with Crippen LogP contribution in [0.2, 0.25) is 0 Å². The van der Waals surface area contributed by atoms with Gasteiger partial charge in [-0.2, -0.15) is 0 Å². The second kappa shape index (κ2) is 6.86. The van der Waals surface area contributed by atoms with Gasteiger partial charge in [-0.1, -0.05) is 15.9 Å². The van der Waals surface area contributed by atoms with Crippen molar-refractivity contribution in [1.29, 1.82) is 0 Å². The van der Waals surface area contributed by atoms with E-state index in [1.807, 2.05) is 0 Å². The van der Waals surface area contributed by atoms with Crippen LogP contribution in [0.15, 0.2) is 21.1 Å². The molecule has 0 aromatic heterocycles. The Hall–Kier alpha value is -0.920. The summed E-state index contributed by atoms with van der Waals surface area (Å²) in [7, 11) is 1.28. The van der Waals surface area contributed by atoms with E-state index in [0.29, 0.717) is 14.6 Å². The highest BCUT2D eigenvalue weighted by molar-refractivity contribution is 9.11. The van der Waals surface area contributed by atoms with Crippen LogP contribution in [0, 0.1) is 0 Å². The maximum absolute atomic E-state index is 11.6. The van der Waals surface area contributed by atoms with Crippen molar-refractivity contribution in [2.75, 3.05) is 19.0 Å². The second-order valence-electron chi connectivity index (χ2n) is 3.39. The first-order valence-electron chi connectivity index (χ1n) is 5.07. The van der Waals surface area contributed by atoms with Crippen LogP contribution in [0.1, 0.15) is 16.8 Å². The van der Waals surface area contributed by atoms with Crippen molar-refractivity contribution >= 4 is 49.4 Å². The van der Waals surface area contributed by atoms with E-state index in [9.17, 15) is 9.59 Å². The molecule has 0 aliphatic carbocycles. The van der Waals surface area contributed by atoms with Crippen molar-refractivity contribution in [3.8, 4) is 0 Å². The number of methoxy groups -OCH3 is 1. The number of nitrogens with two attached hydrogens (primary N) is 1. The van der Waals surface area contributed by atoms with E-state index in [0.717, 1.165) is 0 Å². The van der Waals surface area contributed by atoms with E-state index in [2.05, 4.69) is 41.9 Å². The summed E-state index contributed by atoms with van der Waals surface area (Å²) in [5.41, 5.74) is 5.94. The van der Waals surface area contributed by atoms with Gasteiger partial charge in [0.2, 0.25) is 5.91 Å². The lowest BCUT2D eigenvalue weighted by atomic mass is 10.1. The van der Waals surface area contributed by atoms with Crippen molar-refractivity contribution in [3.63, 3.8) is 0 Å². The summed E-state index contributed by atoms with van der Waals surface area (Å²) >= 11 is 6.56. The van der Waals surface area contributed by atoms with E-state index in [-0.39, 0.29) is 24.4 Å². The first-order valence-corrected chi connectivity index (χ1v) is 6.65. The largest absolute Gasteiger partial charge is 0.465 e. The Morgan fingerprint density at radius 3 is 2.61 bits per heavy atom. The molecule has 0 radical (unpaired) electrons. The molecule has 0 fully saturated rings. The fraction of sp³-hybridized carbons (Fsp3) is 0.273. The standard InChI is InChI=1S/C11H12Br2N2O3/c1-18-11(17)7-4-6(12)5-8(13)10(7)15-9(16)2-3-14/h4-5H,2-3,14H2,1H3,(H,15,16). The molecule has 18 heavy (non-hydrogen) atoms. The van der Waals surface area contributed by atoms with Crippen LogP contribution in [-0.4, -0.2) is 25.5 Å². The third-order valence-electron chi connectivity index (χ3n) is 2.10. The van der Waals surface area contributed by atoms with Gasteiger partial charge in [0.25, 0.3) is 0 Å². The topological polar surface area (TPSA) is 81.4 Å². The molecule has 0 saturated carbocycles. The third kappa shape index (κ3) is 3.79. The highest BCUT2D eigenvalue weighted by Gasteiger charge is 2.17. The minimum absolute atomic E-state index is 0.184. The first kappa shape index (κ1) is 15.1. The van der Waals surface area contributed by atoms with Gasteiger partial charge in [-0.3, -0.25) is 4.79 Å². The number of amides is 1. The molecule has 0 atom stereocenters. The maximum Gasteiger partial charge on any atom is 0.340 e. The molecule has 1 amide bonds. The summed E-state index contributed by atoms with van der Waals surface area (Å²) in [5, 5.41) is 2.63. The molecule has 3 N–H and O–H groups in total. The van der Waals surface area contributed by atoms with Gasteiger partial charge in [0, 0.05) is 21.9 Å². The van der Waals surface area contributed by atoms with Crippen molar-refractivity contribution in [1.82, 2.24) is 0 Å². The number of carbonyl (C=O) groups is 2. The smallest absolute Gasteiger partial charge is 0.340 e. The zero-order valence-corrected chi connectivity index (χ0v) is 12.8. The number of anilines is 1. The zero-order chi connectivity index (χ0) is 13.7. The van der Waals surface area contributed by atoms with Gasteiger partial charge in [-0.15, -0.1) is 0 Å². The Kier molecular flexibility index (Phi) is 5.77. The van der Waals surface area contributed by atoms with Gasteiger partial charge in [0.1, 0.15) is 0 Å². The number of rotatable bonds is 4. The van der Waals surface area contributed by atoms with E-state index >= 15 is 0 Å². The maximum atomic E-state index is 11.6. The SMILES string of the molecule is COC(=O)c1cc(Br)cc(Br)c1NC(=O)CCN. The Labute approximate surface area is 121 Å². The lowest BCUT2D eigenvalue weighted by Crippen LogP contribution is -2.18. The Balaban J connectivity index is 3.15. The highest BCUT2D eigenvalue weighted by Crippen LogP contribution is 2.31. The fourth-order valence-electron chi connectivity index (χ4n) is 1.30. The molecule has 0 saturated heterocycles. The molecule has 1 aromatic carbocycles. The predicted octanol–water partition coefficient (Wildman–Crippen LogP) is 2.29. The van der Waals surface area contributed by atoms with Crippen LogP contribution >= 0.6 is 31.9 Å². The average Bonchev–Trinajstić information content (AvgIpc) is 2.31. The number of esters is 1. The number of benzene rings is 1. The molecule has 7 heteroatoms. The number of carbonyl (C=O) groups excluding carboxylic acids is 2. The van der Waals surface area contributed by atoms with Crippen LogP contribution in [-0.2, 0) is 9.53 Å². The summed E-state index contributed by atoms with van der Waals surface area (Å²) in [6.07, 6.45) is 0.184. The summed E-state index contributed by atoms with van der Waals surface area (Å²) < 4.78 is 5.96. The van der Waals surface area contributed by atoms with E-state index in [4.69, 9.17) is 5.73 Å². The second-order valence-corrected chi connectivity index (χ2v) is 5.16. The lowest BCUT2D eigenvalue weighted by molar-refractivity contribution is -0.116. The molecule has 0 aliphatic heterocycles. The zero-order valence-electron chi connectivity index (χ0n) is 9.63. The van der Waals surface area contributed by atoms with E-state index in [1.54, 1.807) is 12.1 Å². The predicted molar refractivity (Wildman–Crippen MR) is 75.5 cm³/mol. The summed E-state index contributed by atoms with van der Waals surface area (Å²) in [4.78, 5) is 23.2. The molecule has 0 aliphatic rings. The van der Waals surface area contributed by atoms with Crippen LogP contribution in [0.4, 0.5) is 5.69 Å². The first-order chi connectivity index (χ1) is 8.49. The molecule has 98 valence electrons. The minimum atomic E-state index is -0.528. The van der Waals surface area contributed by atoms with Crippen molar-refractivity contribution < 1.29 is 14.3 Å². The van der Waals surface area contributed by atoms with Crippen molar-refractivity contribution in [2.45, 2.75) is 6.42 Å². The van der Waals surface area contributed by atoms with Crippen molar-refractivity contribution in [3.05, 3.63) is 26.6 Å². The van der Waals surface area contributed by atoms with Gasteiger partial charge in [0.15, 0.2) is 0 Å². The number of hydrogen-bond acceptors (Lipinski definition) is 4. The number of ether oxygens (including phenoxy) is 1. The van der Waals surface area contributed by atoms with Crippen LogP contribution in [0.5, 0.6) is 0 Å². The van der Waals surface area contributed by atoms with Crippen LogP contribution < -0.4 is 11.1 Å². The molecule has 0 bridgehead atoms. The Bertz CT molecular complexity index is 478. The number of nitrogens with one attached hydrogen (secondary N) is 1. The average molecular weight is 380 g/mol. The van der Waals surface area contributed by atoms with E-state index < -0.39 is 5.97 Å². The molecule has 0 unspecified atom stereocenters. The summed E-state index contributed by atoms with van der Waals surface area (Å²) in [5.74, 6) is -0.786. The quantitative estimate of drug-likeness (QED) is 0.786. The monoisotopic (exact) mass is 378 g/mol. The van der Waals surface area contributed by atoms with Gasteiger partial charge < -0.3 is 15.8 Å². The third-order valence-corrected chi connectivity index (χ3v) is 3.18. The van der Waals surface area contributed by atoms with Crippen LogP contribution in [0.3, 0.4) is 0 Å². The Morgan fingerprint density at radius 1 is 1.39 bits per heavy atom. The Morgan fingerprint density at radius 2 is 2.06 bits per heavy atom. The summed E-state index contributed by atoms with van der Waals surface area (Å²) in [6, 6.07) is 3.30. The molecular formula is C11H12Br2N2O3. The van der Waals surface area contributed by atoms with Crippen LogP contribution in [0.25, 0.3) is 0 Å². The number of hydrogen-bond donors (Lipinski definition) is 2. The van der Waals surface area contributed by atoms with Gasteiger partial charge in [-0.05, 0) is 28.1 Å².